The van der Waals surface area contributed by atoms with Crippen LogP contribution in [0.5, 0.6) is 5.75 Å². The number of nitrogens with zero attached hydrogens (tertiary/aromatic N) is 1. The topological polar surface area (TPSA) is 70.7 Å². The van der Waals surface area contributed by atoms with Crippen molar-refractivity contribution in [2.45, 2.75) is 20.5 Å². The smallest absolute Gasteiger partial charge is 0.375 e. The Morgan fingerprint density at radius 3 is 2.28 bits per heavy atom. The summed E-state index contributed by atoms with van der Waals surface area (Å²) in [6, 6.07) is 28.3. The Morgan fingerprint density at radius 1 is 0.861 bits per heavy atom. The Morgan fingerprint density at radius 2 is 1.53 bits per heavy atom. The summed E-state index contributed by atoms with van der Waals surface area (Å²) in [5.74, 6) is -0.277. The highest BCUT2D eigenvalue weighted by Crippen LogP contribution is 2.28. The van der Waals surface area contributed by atoms with Crippen LogP contribution >= 0.6 is 0 Å². The van der Waals surface area contributed by atoms with Gasteiger partial charge in [-0.2, -0.15) is 0 Å². The summed E-state index contributed by atoms with van der Waals surface area (Å²) in [5.41, 5.74) is 4.32. The Balaban J connectivity index is 1.35. The third-order valence-corrected chi connectivity index (χ3v) is 6.09. The minimum absolute atomic E-state index is 0.0367. The molecule has 0 saturated carbocycles. The first kappa shape index (κ1) is 23.2. The fraction of sp³-hybridized carbons (Fsp3) is 0.133. The molecule has 6 heteroatoms. The van der Waals surface area contributed by atoms with Gasteiger partial charge in [0.15, 0.2) is 6.61 Å². The van der Waals surface area contributed by atoms with Gasteiger partial charge in [0.1, 0.15) is 17.9 Å². The summed E-state index contributed by atoms with van der Waals surface area (Å²) < 4.78 is 19.1. The zero-order valence-corrected chi connectivity index (χ0v) is 20.1. The molecule has 0 unspecified atom stereocenters. The van der Waals surface area contributed by atoms with E-state index in [-0.39, 0.29) is 18.2 Å². The number of para-hydroxylation sites is 3. The van der Waals surface area contributed by atoms with E-state index in [4.69, 9.17) is 13.9 Å². The molecule has 5 aromatic rings. The zero-order chi connectivity index (χ0) is 25.1. The molecular formula is C30H25NO5. The van der Waals surface area contributed by atoms with Gasteiger partial charge < -0.3 is 18.5 Å². The van der Waals surface area contributed by atoms with Crippen LogP contribution in [-0.2, 0) is 11.3 Å². The van der Waals surface area contributed by atoms with E-state index in [9.17, 15) is 9.59 Å². The Kier molecular flexibility index (Phi) is 6.41. The van der Waals surface area contributed by atoms with Crippen LogP contribution in [0.3, 0.4) is 0 Å². The number of rotatable bonds is 8. The van der Waals surface area contributed by atoms with Gasteiger partial charge in [0, 0.05) is 28.0 Å². The molecule has 0 aliphatic carbocycles. The van der Waals surface area contributed by atoms with Crippen LogP contribution in [0.15, 0.2) is 95.4 Å². The second-order valence-corrected chi connectivity index (χ2v) is 8.46. The highest BCUT2D eigenvalue weighted by Gasteiger charge is 2.24. The fourth-order valence-electron chi connectivity index (χ4n) is 4.37. The van der Waals surface area contributed by atoms with Gasteiger partial charge in [-0.1, -0.05) is 54.6 Å². The van der Waals surface area contributed by atoms with Crippen molar-refractivity contribution < 1.29 is 23.5 Å². The zero-order valence-electron chi connectivity index (χ0n) is 20.1. The molecule has 0 bridgehead atoms. The SMILES string of the molecule is Cc1cc(C(=O)COC(=O)c2oc3ccccc3c2COc2ccccc2)c(C)n1-c1ccccc1. The van der Waals surface area contributed by atoms with Gasteiger partial charge in [0.2, 0.25) is 11.5 Å². The Labute approximate surface area is 208 Å². The van der Waals surface area contributed by atoms with Crippen LogP contribution in [0.2, 0.25) is 0 Å². The minimum Gasteiger partial charge on any atom is -0.489 e. The van der Waals surface area contributed by atoms with Gasteiger partial charge in [-0.3, -0.25) is 4.79 Å². The highest BCUT2D eigenvalue weighted by atomic mass is 16.5. The van der Waals surface area contributed by atoms with Crippen LogP contribution in [0.4, 0.5) is 0 Å². The number of aryl methyl sites for hydroxylation is 1. The van der Waals surface area contributed by atoms with E-state index in [1.54, 1.807) is 6.07 Å². The molecule has 6 nitrogen and oxygen atoms in total. The van der Waals surface area contributed by atoms with Crippen molar-refractivity contribution in [2.24, 2.45) is 0 Å². The van der Waals surface area contributed by atoms with Gasteiger partial charge >= 0.3 is 5.97 Å². The van der Waals surface area contributed by atoms with Gasteiger partial charge in [-0.15, -0.1) is 0 Å². The lowest BCUT2D eigenvalue weighted by Crippen LogP contribution is -2.16. The molecule has 0 amide bonds. The number of ketones is 1. The molecule has 2 heterocycles. The quantitative estimate of drug-likeness (QED) is 0.189. The van der Waals surface area contributed by atoms with Gasteiger partial charge in [-0.05, 0) is 50.2 Å². The molecule has 0 fully saturated rings. The summed E-state index contributed by atoms with van der Waals surface area (Å²) in [5, 5.41) is 0.762. The molecule has 36 heavy (non-hydrogen) atoms. The van der Waals surface area contributed by atoms with E-state index in [1.807, 2.05) is 103 Å². The summed E-state index contributed by atoms with van der Waals surface area (Å²) >= 11 is 0. The molecule has 3 aromatic carbocycles. The summed E-state index contributed by atoms with van der Waals surface area (Å²) in [6.07, 6.45) is 0. The molecule has 5 rings (SSSR count). The number of carbonyl (C=O) groups excluding carboxylic acids is 2. The van der Waals surface area contributed by atoms with E-state index in [0.717, 1.165) is 22.5 Å². The van der Waals surface area contributed by atoms with E-state index in [0.29, 0.717) is 22.5 Å². The maximum Gasteiger partial charge on any atom is 0.375 e. The lowest BCUT2D eigenvalue weighted by Gasteiger charge is -2.10. The van der Waals surface area contributed by atoms with Crippen molar-refractivity contribution in [3.8, 4) is 11.4 Å². The number of furan rings is 1. The van der Waals surface area contributed by atoms with Crippen LogP contribution in [0.1, 0.15) is 37.9 Å². The van der Waals surface area contributed by atoms with E-state index in [1.165, 1.54) is 0 Å². The predicted molar refractivity (Wildman–Crippen MR) is 137 cm³/mol. The average Bonchev–Trinajstić information content (AvgIpc) is 3.43. The first-order valence-electron chi connectivity index (χ1n) is 11.7. The van der Waals surface area contributed by atoms with E-state index < -0.39 is 12.6 Å². The van der Waals surface area contributed by atoms with Crippen LogP contribution in [-0.4, -0.2) is 22.9 Å². The monoisotopic (exact) mass is 479 g/mol. The average molecular weight is 480 g/mol. The lowest BCUT2D eigenvalue weighted by atomic mass is 10.1. The van der Waals surface area contributed by atoms with Crippen molar-refractivity contribution in [1.82, 2.24) is 4.57 Å². The van der Waals surface area contributed by atoms with Gasteiger partial charge in [0.05, 0.1) is 5.56 Å². The van der Waals surface area contributed by atoms with Crippen molar-refractivity contribution in [3.63, 3.8) is 0 Å². The minimum atomic E-state index is -0.705. The second kappa shape index (κ2) is 9.96. The summed E-state index contributed by atoms with van der Waals surface area (Å²) in [6.45, 7) is 3.55. The third-order valence-electron chi connectivity index (χ3n) is 6.09. The van der Waals surface area contributed by atoms with Crippen LogP contribution in [0.25, 0.3) is 16.7 Å². The molecule has 0 aliphatic heterocycles. The van der Waals surface area contributed by atoms with Crippen molar-refractivity contribution in [2.75, 3.05) is 6.61 Å². The number of carbonyl (C=O) groups is 2. The van der Waals surface area contributed by atoms with Crippen LogP contribution < -0.4 is 4.74 Å². The lowest BCUT2D eigenvalue weighted by molar-refractivity contribution is 0.0442. The normalized spacial score (nSPS) is 10.9. The maximum atomic E-state index is 13.0. The number of hydrogen-bond acceptors (Lipinski definition) is 5. The molecule has 2 aromatic heterocycles. The molecule has 0 aliphatic rings. The number of Topliss-reactive ketones (excluding diaryl/α,β-unsaturated/α-hetero) is 1. The summed E-state index contributed by atoms with van der Waals surface area (Å²) in [4.78, 5) is 26.1. The highest BCUT2D eigenvalue weighted by molar-refractivity contribution is 6.01. The number of aromatic nitrogens is 1. The fourth-order valence-corrected chi connectivity index (χ4v) is 4.37. The van der Waals surface area contributed by atoms with E-state index in [2.05, 4.69) is 0 Å². The number of benzene rings is 3. The standard InChI is InChI=1S/C30H25NO5/c1-20-17-25(21(2)31(20)22-11-5-3-6-12-22)27(32)19-35-30(33)29-26(18-34-23-13-7-4-8-14-23)24-15-9-10-16-28(24)36-29/h3-17H,18-19H2,1-2H3. The maximum absolute atomic E-state index is 13.0. The molecular weight excluding hydrogens is 454 g/mol. The number of ether oxygens (including phenoxy) is 2. The molecule has 0 spiro atoms. The second-order valence-electron chi connectivity index (χ2n) is 8.46. The third kappa shape index (κ3) is 4.53. The summed E-state index contributed by atoms with van der Waals surface area (Å²) in [7, 11) is 0. The number of esters is 1. The van der Waals surface area contributed by atoms with Crippen molar-refractivity contribution in [3.05, 3.63) is 119 Å². The molecule has 0 atom stereocenters. The molecule has 0 saturated heterocycles. The predicted octanol–water partition coefficient (Wildman–Crippen LogP) is 6.46. The van der Waals surface area contributed by atoms with Gasteiger partial charge in [-0.25, -0.2) is 4.79 Å². The first-order valence-corrected chi connectivity index (χ1v) is 11.7. The first-order chi connectivity index (χ1) is 17.5. The van der Waals surface area contributed by atoms with Crippen LogP contribution in [0, 0.1) is 13.8 Å². The molecule has 0 radical (unpaired) electrons. The van der Waals surface area contributed by atoms with Crippen molar-refractivity contribution in [1.29, 1.82) is 0 Å². The molecule has 0 N–H and O–H groups in total. The van der Waals surface area contributed by atoms with Crippen molar-refractivity contribution >= 4 is 22.7 Å². The largest absolute Gasteiger partial charge is 0.489 e. The molecule has 180 valence electrons. The Bertz CT molecular complexity index is 1530. The van der Waals surface area contributed by atoms with E-state index >= 15 is 0 Å². The number of hydrogen-bond donors (Lipinski definition) is 0. The number of fused-ring (bicyclic) bond motifs is 1. The van der Waals surface area contributed by atoms with Gasteiger partial charge in [0.25, 0.3) is 0 Å². The Hall–Kier alpha value is -4.58.